The SMILES string of the molecule is C=C1OC(C(O)COC(C)(C)C)C(O)=C1O. The molecule has 3 N–H and O–H groups in total. The summed E-state index contributed by atoms with van der Waals surface area (Å²) in [4.78, 5) is 0. The van der Waals surface area contributed by atoms with Crippen molar-refractivity contribution in [3.8, 4) is 0 Å². The Morgan fingerprint density at radius 1 is 1.44 bits per heavy atom. The fourth-order valence-corrected chi connectivity index (χ4v) is 1.23. The van der Waals surface area contributed by atoms with E-state index in [1.54, 1.807) is 0 Å². The normalized spacial score (nSPS) is 23.5. The van der Waals surface area contributed by atoms with Gasteiger partial charge in [0.15, 0.2) is 23.4 Å². The third-order valence-corrected chi connectivity index (χ3v) is 2.08. The molecule has 0 aliphatic carbocycles. The molecule has 92 valence electrons. The van der Waals surface area contributed by atoms with Crippen molar-refractivity contribution in [2.24, 2.45) is 0 Å². The Labute approximate surface area is 94.6 Å². The van der Waals surface area contributed by atoms with Crippen LogP contribution in [0.15, 0.2) is 23.9 Å². The third-order valence-electron chi connectivity index (χ3n) is 2.08. The molecule has 2 unspecified atom stereocenters. The quantitative estimate of drug-likeness (QED) is 0.683. The summed E-state index contributed by atoms with van der Waals surface area (Å²) in [6.45, 7) is 8.93. The molecule has 0 saturated carbocycles. The Hall–Kier alpha value is -1.20. The molecule has 1 rings (SSSR count). The van der Waals surface area contributed by atoms with E-state index in [0.29, 0.717) is 0 Å². The summed E-state index contributed by atoms with van der Waals surface area (Å²) < 4.78 is 10.4. The van der Waals surface area contributed by atoms with E-state index in [4.69, 9.17) is 9.47 Å². The Kier molecular flexibility index (Phi) is 3.50. The summed E-state index contributed by atoms with van der Waals surface area (Å²) in [6.07, 6.45) is -2.06. The van der Waals surface area contributed by atoms with Gasteiger partial charge in [0.05, 0.1) is 12.2 Å². The van der Waals surface area contributed by atoms with Crippen LogP contribution < -0.4 is 0 Å². The van der Waals surface area contributed by atoms with Crippen molar-refractivity contribution in [2.75, 3.05) is 6.61 Å². The van der Waals surface area contributed by atoms with Gasteiger partial charge in [-0.15, -0.1) is 0 Å². The molecule has 1 heterocycles. The second kappa shape index (κ2) is 4.35. The molecule has 5 nitrogen and oxygen atoms in total. The molecule has 0 radical (unpaired) electrons. The van der Waals surface area contributed by atoms with Crippen molar-refractivity contribution >= 4 is 0 Å². The van der Waals surface area contributed by atoms with Gasteiger partial charge in [0.2, 0.25) is 0 Å². The molecule has 0 fully saturated rings. The maximum Gasteiger partial charge on any atom is 0.199 e. The van der Waals surface area contributed by atoms with Gasteiger partial charge in [0.1, 0.15) is 6.10 Å². The van der Waals surface area contributed by atoms with Crippen molar-refractivity contribution in [1.82, 2.24) is 0 Å². The minimum absolute atomic E-state index is 0.00120. The third kappa shape index (κ3) is 2.90. The summed E-state index contributed by atoms with van der Waals surface area (Å²) in [5, 5.41) is 28.4. The molecule has 1 aliphatic heterocycles. The highest BCUT2D eigenvalue weighted by atomic mass is 16.5. The summed E-state index contributed by atoms with van der Waals surface area (Å²) in [6, 6.07) is 0. The monoisotopic (exact) mass is 230 g/mol. The lowest BCUT2D eigenvalue weighted by Crippen LogP contribution is -2.35. The van der Waals surface area contributed by atoms with Crippen LogP contribution in [-0.4, -0.2) is 39.7 Å². The van der Waals surface area contributed by atoms with Crippen LogP contribution in [-0.2, 0) is 9.47 Å². The summed E-state index contributed by atoms with van der Waals surface area (Å²) in [7, 11) is 0. The van der Waals surface area contributed by atoms with Gasteiger partial charge in [0, 0.05) is 0 Å². The number of hydrogen-bond acceptors (Lipinski definition) is 5. The first-order chi connectivity index (χ1) is 7.22. The Bertz CT molecular complexity index is 313. The molecule has 0 aromatic rings. The van der Waals surface area contributed by atoms with Gasteiger partial charge < -0.3 is 24.8 Å². The molecular formula is C11H18O5. The zero-order valence-corrected chi connectivity index (χ0v) is 9.73. The van der Waals surface area contributed by atoms with Gasteiger partial charge >= 0.3 is 0 Å². The molecule has 0 aromatic carbocycles. The molecule has 1 aliphatic rings. The van der Waals surface area contributed by atoms with Crippen LogP contribution in [0.4, 0.5) is 0 Å². The topological polar surface area (TPSA) is 79.2 Å². The zero-order chi connectivity index (χ0) is 12.5. The van der Waals surface area contributed by atoms with Crippen LogP contribution in [0.3, 0.4) is 0 Å². The second-order valence-electron chi connectivity index (χ2n) is 4.69. The van der Waals surface area contributed by atoms with E-state index < -0.39 is 29.3 Å². The Morgan fingerprint density at radius 2 is 2.00 bits per heavy atom. The van der Waals surface area contributed by atoms with Gasteiger partial charge in [-0.2, -0.15) is 0 Å². The summed E-state index contributed by atoms with van der Waals surface area (Å²) in [5.74, 6) is -0.868. The number of ether oxygens (including phenoxy) is 2. The largest absolute Gasteiger partial charge is 0.505 e. The number of aliphatic hydroxyl groups excluding tert-OH is 3. The zero-order valence-electron chi connectivity index (χ0n) is 9.73. The molecule has 0 bridgehead atoms. The lowest BCUT2D eigenvalue weighted by molar-refractivity contribution is -0.0839. The van der Waals surface area contributed by atoms with Crippen LogP contribution in [0.1, 0.15) is 20.8 Å². The van der Waals surface area contributed by atoms with Gasteiger partial charge in [0.25, 0.3) is 0 Å². The highest BCUT2D eigenvalue weighted by Crippen LogP contribution is 2.28. The first kappa shape index (κ1) is 12.9. The minimum atomic E-state index is -1.05. The predicted molar refractivity (Wildman–Crippen MR) is 58.0 cm³/mol. The molecule has 5 heteroatoms. The van der Waals surface area contributed by atoms with E-state index in [9.17, 15) is 15.3 Å². The van der Waals surface area contributed by atoms with Crippen LogP contribution in [0.2, 0.25) is 0 Å². The van der Waals surface area contributed by atoms with Crippen molar-refractivity contribution in [1.29, 1.82) is 0 Å². The Morgan fingerprint density at radius 3 is 2.38 bits per heavy atom. The van der Waals surface area contributed by atoms with E-state index in [2.05, 4.69) is 6.58 Å². The molecule has 16 heavy (non-hydrogen) atoms. The average molecular weight is 230 g/mol. The van der Waals surface area contributed by atoms with Crippen molar-refractivity contribution < 1.29 is 24.8 Å². The van der Waals surface area contributed by atoms with Crippen molar-refractivity contribution in [3.63, 3.8) is 0 Å². The van der Waals surface area contributed by atoms with Crippen LogP contribution >= 0.6 is 0 Å². The maximum absolute atomic E-state index is 9.72. The van der Waals surface area contributed by atoms with Gasteiger partial charge in [-0.3, -0.25) is 0 Å². The highest BCUT2D eigenvalue weighted by Gasteiger charge is 2.36. The van der Waals surface area contributed by atoms with Gasteiger partial charge in [-0.05, 0) is 20.8 Å². The van der Waals surface area contributed by atoms with Crippen molar-refractivity contribution in [2.45, 2.75) is 38.6 Å². The first-order valence-corrected chi connectivity index (χ1v) is 5.02. The smallest absolute Gasteiger partial charge is 0.199 e. The molecule has 0 amide bonds. The molecule has 0 aromatic heterocycles. The Balaban J connectivity index is 2.57. The lowest BCUT2D eigenvalue weighted by atomic mass is 10.1. The van der Waals surface area contributed by atoms with Gasteiger partial charge in [-0.1, -0.05) is 6.58 Å². The number of aliphatic hydroxyl groups is 3. The fraction of sp³-hybridized carbons (Fsp3) is 0.636. The highest BCUT2D eigenvalue weighted by molar-refractivity contribution is 5.28. The van der Waals surface area contributed by atoms with Crippen LogP contribution in [0.5, 0.6) is 0 Å². The molecule has 0 saturated heterocycles. The molecule has 2 atom stereocenters. The summed E-state index contributed by atoms with van der Waals surface area (Å²) >= 11 is 0. The van der Waals surface area contributed by atoms with E-state index in [1.165, 1.54) is 0 Å². The maximum atomic E-state index is 9.72. The van der Waals surface area contributed by atoms with Crippen molar-refractivity contribution in [3.05, 3.63) is 23.9 Å². The molecule has 0 spiro atoms. The molecular weight excluding hydrogens is 212 g/mol. The van der Waals surface area contributed by atoms with Crippen LogP contribution in [0, 0.1) is 0 Å². The lowest BCUT2D eigenvalue weighted by Gasteiger charge is -2.24. The van der Waals surface area contributed by atoms with E-state index in [-0.39, 0.29) is 12.4 Å². The van der Waals surface area contributed by atoms with Crippen LogP contribution in [0.25, 0.3) is 0 Å². The number of hydrogen-bond donors (Lipinski definition) is 3. The number of rotatable bonds is 3. The standard InChI is InChI=1S/C11H18O5/c1-6-8(13)9(14)10(16-6)7(12)5-15-11(2,3)4/h7,10,12-14H,1,5H2,2-4H3. The van der Waals surface area contributed by atoms with E-state index >= 15 is 0 Å². The van der Waals surface area contributed by atoms with E-state index in [0.717, 1.165) is 0 Å². The fourth-order valence-electron chi connectivity index (χ4n) is 1.23. The first-order valence-electron chi connectivity index (χ1n) is 5.02. The van der Waals surface area contributed by atoms with Gasteiger partial charge in [-0.25, -0.2) is 0 Å². The second-order valence-corrected chi connectivity index (χ2v) is 4.69. The predicted octanol–water partition coefficient (Wildman–Crippen LogP) is 1.40. The summed E-state index contributed by atoms with van der Waals surface area (Å²) in [5.41, 5.74) is -0.391. The average Bonchev–Trinajstić information content (AvgIpc) is 2.41. The van der Waals surface area contributed by atoms with E-state index in [1.807, 2.05) is 20.8 Å². The minimum Gasteiger partial charge on any atom is -0.505 e.